The van der Waals surface area contributed by atoms with Gasteiger partial charge in [0.2, 0.25) is 21.8 Å². The van der Waals surface area contributed by atoms with Crippen LogP contribution in [-0.4, -0.2) is 51.0 Å². The van der Waals surface area contributed by atoms with Gasteiger partial charge in [0.15, 0.2) is 0 Å². The van der Waals surface area contributed by atoms with Crippen molar-refractivity contribution in [2.45, 2.75) is 38.8 Å². The second kappa shape index (κ2) is 13.6. The molecular formula is C29H34BrN3O4S. The average molecular weight is 601 g/mol. The van der Waals surface area contributed by atoms with Gasteiger partial charge in [0.1, 0.15) is 6.04 Å². The van der Waals surface area contributed by atoms with Crippen LogP contribution in [0.15, 0.2) is 83.3 Å². The van der Waals surface area contributed by atoms with Crippen molar-refractivity contribution in [3.8, 4) is 0 Å². The molecule has 1 atom stereocenters. The number of carbonyl (C=O) groups is 2. The zero-order chi connectivity index (χ0) is 27.7. The number of carbonyl (C=O) groups excluding carboxylic acids is 2. The van der Waals surface area contributed by atoms with Crippen LogP contribution in [0.4, 0.5) is 5.69 Å². The van der Waals surface area contributed by atoms with Gasteiger partial charge < -0.3 is 10.2 Å². The van der Waals surface area contributed by atoms with Crippen molar-refractivity contribution < 1.29 is 18.0 Å². The molecule has 0 aliphatic heterocycles. The molecule has 0 bridgehead atoms. The summed E-state index contributed by atoms with van der Waals surface area (Å²) in [4.78, 5) is 28.3. The van der Waals surface area contributed by atoms with Crippen molar-refractivity contribution in [3.05, 3.63) is 100 Å². The maximum atomic E-state index is 13.7. The SMILES string of the molecule is CNC(=O)[C@@H](Cc1ccccc1)N(Cc1ccc(Br)cc1)C(=O)CCCN(c1cccc(C)c1)S(C)(=O)=O. The summed E-state index contributed by atoms with van der Waals surface area (Å²) < 4.78 is 27.3. The largest absolute Gasteiger partial charge is 0.357 e. The molecule has 3 aromatic carbocycles. The third-order valence-corrected chi connectivity index (χ3v) is 7.95. The molecule has 9 heteroatoms. The molecule has 2 amide bonds. The Bertz CT molecular complexity index is 1330. The van der Waals surface area contributed by atoms with Crippen LogP contribution in [0.25, 0.3) is 0 Å². The number of benzene rings is 3. The summed E-state index contributed by atoms with van der Waals surface area (Å²) in [6, 6.07) is 23.8. The molecule has 0 aromatic heterocycles. The molecule has 202 valence electrons. The zero-order valence-electron chi connectivity index (χ0n) is 21.9. The summed E-state index contributed by atoms with van der Waals surface area (Å²) in [7, 11) is -1.98. The van der Waals surface area contributed by atoms with Gasteiger partial charge in [-0.25, -0.2) is 8.42 Å². The first-order chi connectivity index (χ1) is 18.1. The number of anilines is 1. The van der Waals surface area contributed by atoms with E-state index in [1.807, 2.05) is 79.7 Å². The first-order valence-corrected chi connectivity index (χ1v) is 15.1. The molecule has 7 nitrogen and oxygen atoms in total. The maximum absolute atomic E-state index is 13.7. The lowest BCUT2D eigenvalue weighted by molar-refractivity contribution is -0.141. The third-order valence-electron chi connectivity index (χ3n) is 6.23. The van der Waals surface area contributed by atoms with Gasteiger partial charge in [-0.2, -0.15) is 0 Å². The van der Waals surface area contributed by atoms with Crippen LogP contribution in [-0.2, 0) is 32.6 Å². The van der Waals surface area contributed by atoms with E-state index in [-0.39, 0.29) is 31.3 Å². The third kappa shape index (κ3) is 8.43. The molecule has 0 aliphatic carbocycles. The number of aryl methyl sites for hydroxylation is 1. The second-order valence-corrected chi connectivity index (χ2v) is 12.1. The number of nitrogens with zero attached hydrogens (tertiary/aromatic N) is 2. The molecule has 0 radical (unpaired) electrons. The molecule has 0 saturated heterocycles. The van der Waals surface area contributed by atoms with E-state index < -0.39 is 16.1 Å². The molecule has 0 saturated carbocycles. The fourth-order valence-electron chi connectivity index (χ4n) is 4.29. The van der Waals surface area contributed by atoms with Crippen molar-refractivity contribution in [1.82, 2.24) is 10.2 Å². The van der Waals surface area contributed by atoms with Crippen molar-refractivity contribution in [3.63, 3.8) is 0 Å². The molecule has 0 aliphatic rings. The highest BCUT2D eigenvalue weighted by atomic mass is 79.9. The van der Waals surface area contributed by atoms with Crippen molar-refractivity contribution in [1.29, 1.82) is 0 Å². The lowest BCUT2D eigenvalue weighted by atomic mass is 10.0. The number of halogens is 1. The van der Waals surface area contributed by atoms with Crippen LogP contribution in [0, 0.1) is 6.92 Å². The van der Waals surface area contributed by atoms with Crippen LogP contribution in [0.5, 0.6) is 0 Å². The highest BCUT2D eigenvalue weighted by molar-refractivity contribution is 9.10. The van der Waals surface area contributed by atoms with E-state index in [1.54, 1.807) is 18.0 Å². The molecular weight excluding hydrogens is 566 g/mol. The van der Waals surface area contributed by atoms with Gasteiger partial charge in [0.25, 0.3) is 0 Å². The van der Waals surface area contributed by atoms with E-state index in [1.165, 1.54) is 10.6 Å². The average Bonchev–Trinajstić information content (AvgIpc) is 2.89. The normalized spacial score (nSPS) is 12.0. The minimum absolute atomic E-state index is 0.0939. The topological polar surface area (TPSA) is 86.8 Å². The van der Waals surface area contributed by atoms with Gasteiger partial charge >= 0.3 is 0 Å². The Morgan fingerprint density at radius 3 is 2.24 bits per heavy atom. The molecule has 38 heavy (non-hydrogen) atoms. The highest BCUT2D eigenvalue weighted by Gasteiger charge is 2.30. The van der Waals surface area contributed by atoms with E-state index in [0.717, 1.165) is 21.2 Å². The van der Waals surface area contributed by atoms with E-state index >= 15 is 0 Å². The molecule has 0 heterocycles. The summed E-state index contributed by atoms with van der Waals surface area (Å²) in [6.07, 6.45) is 1.93. The fourth-order valence-corrected chi connectivity index (χ4v) is 5.52. The van der Waals surface area contributed by atoms with Gasteiger partial charge in [0.05, 0.1) is 11.9 Å². The van der Waals surface area contributed by atoms with Crippen molar-refractivity contribution >= 4 is 43.5 Å². The number of hydrogen-bond donors (Lipinski definition) is 1. The number of rotatable bonds is 12. The van der Waals surface area contributed by atoms with Gasteiger partial charge in [-0.1, -0.05) is 70.5 Å². The Balaban J connectivity index is 1.84. The lowest BCUT2D eigenvalue weighted by Gasteiger charge is -2.31. The Morgan fingerprint density at radius 2 is 1.63 bits per heavy atom. The maximum Gasteiger partial charge on any atom is 0.242 e. The predicted molar refractivity (Wildman–Crippen MR) is 155 cm³/mol. The second-order valence-electron chi connectivity index (χ2n) is 9.25. The molecule has 3 aromatic rings. The van der Waals surface area contributed by atoms with Crippen LogP contribution in [0.2, 0.25) is 0 Å². The van der Waals surface area contributed by atoms with Crippen LogP contribution in [0.3, 0.4) is 0 Å². The quantitative estimate of drug-likeness (QED) is 0.327. The lowest BCUT2D eigenvalue weighted by Crippen LogP contribution is -2.49. The first-order valence-electron chi connectivity index (χ1n) is 12.4. The smallest absolute Gasteiger partial charge is 0.242 e. The van der Waals surface area contributed by atoms with Gasteiger partial charge in [0, 0.05) is 37.5 Å². The Morgan fingerprint density at radius 1 is 0.947 bits per heavy atom. The van der Waals surface area contributed by atoms with E-state index in [2.05, 4.69) is 21.2 Å². The van der Waals surface area contributed by atoms with Gasteiger partial charge in [-0.05, 0) is 54.3 Å². The molecule has 1 N–H and O–H groups in total. The standard InChI is InChI=1S/C29H34BrN3O4S/c1-22-9-7-12-26(19-22)33(38(3,36)37)18-8-13-28(34)32(21-24-14-16-25(30)17-15-24)27(29(35)31-2)20-23-10-5-4-6-11-23/h4-7,9-12,14-17,19,27H,8,13,18,20-21H2,1-3H3,(H,31,35)/t27-/m1/s1. The van der Waals surface area contributed by atoms with Crippen LogP contribution < -0.4 is 9.62 Å². The highest BCUT2D eigenvalue weighted by Crippen LogP contribution is 2.21. The van der Waals surface area contributed by atoms with Gasteiger partial charge in [-0.3, -0.25) is 13.9 Å². The van der Waals surface area contributed by atoms with E-state index in [9.17, 15) is 18.0 Å². The number of nitrogens with one attached hydrogen (secondary N) is 1. The number of amides is 2. The van der Waals surface area contributed by atoms with Crippen molar-refractivity contribution in [2.75, 3.05) is 24.2 Å². The molecule has 0 spiro atoms. The summed E-state index contributed by atoms with van der Waals surface area (Å²) in [5, 5.41) is 2.71. The predicted octanol–water partition coefficient (Wildman–Crippen LogP) is 4.69. The monoisotopic (exact) mass is 599 g/mol. The van der Waals surface area contributed by atoms with E-state index in [0.29, 0.717) is 18.5 Å². The first kappa shape index (κ1) is 29.4. The zero-order valence-corrected chi connectivity index (χ0v) is 24.3. The molecule has 0 fully saturated rings. The number of likely N-dealkylation sites (N-methyl/N-ethyl adjacent to an activating group) is 1. The molecule has 3 rings (SSSR count). The number of sulfonamides is 1. The van der Waals surface area contributed by atoms with Crippen LogP contribution >= 0.6 is 15.9 Å². The Hall–Kier alpha value is -3.17. The molecule has 0 unspecified atom stereocenters. The summed E-state index contributed by atoms with van der Waals surface area (Å²) in [6.45, 7) is 2.31. The fraction of sp³-hybridized carbons (Fsp3) is 0.310. The van der Waals surface area contributed by atoms with Crippen molar-refractivity contribution in [2.24, 2.45) is 0 Å². The van der Waals surface area contributed by atoms with Gasteiger partial charge in [-0.15, -0.1) is 0 Å². The summed E-state index contributed by atoms with van der Waals surface area (Å²) in [5.41, 5.74) is 3.35. The minimum atomic E-state index is -3.54. The Labute approximate surface area is 234 Å². The summed E-state index contributed by atoms with van der Waals surface area (Å²) in [5.74, 6) is -0.466. The summed E-state index contributed by atoms with van der Waals surface area (Å²) >= 11 is 3.44. The number of hydrogen-bond acceptors (Lipinski definition) is 4. The Kier molecular flexibility index (Phi) is 10.5. The minimum Gasteiger partial charge on any atom is -0.357 e. The van der Waals surface area contributed by atoms with Crippen LogP contribution in [0.1, 0.15) is 29.5 Å². The van der Waals surface area contributed by atoms with E-state index in [4.69, 9.17) is 0 Å².